The van der Waals surface area contributed by atoms with Crippen LogP contribution in [0.2, 0.25) is 0 Å². The Kier molecular flexibility index (Phi) is 6.03. The number of sulfonamides is 2. The molecule has 14 heteroatoms. The number of nitrogens with zero attached hydrogens (tertiary/aromatic N) is 2. The molecule has 0 bridgehead atoms. The molecular formula is C17H13F3N4O5S2. The number of hydrogen-bond donors (Lipinski definition) is 2. The average Bonchev–Trinajstić information content (AvgIpc) is 2.68. The van der Waals surface area contributed by atoms with Crippen LogP contribution in [0.3, 0.4) is 0 Å². The van der Waals surface area contributed by atoms with Crippen LogP contribution in [0, 0.1) is 0 Å². The van der Waals surface area contributed by atoms with E-state index < -0.39 is 32.2 Å². The predicted octanol–water partition coefficient (Wildman–Crippen LogP) is 2.98. The first-order valence-electron chi connectivity index (χ1n) is 8.23. The summed E-state index contributed by atoms with van der Waals surface area (Å²) in [7, 11) is -8.15. The Morgan fingerprint density at radius 3 is 1.74 bits per heavy atom. The lowest BCUT2D eigenvalue weighted by Crippen LogP contribution is -2.17. The lowest BCUT2D eigenvalue weighted by Gasteiger charge is -2.11. The predicted molar refractivity (Wildman–Crippen MR) is 103 cm³/mol. The van der Waals surface area contributed by atoms with Gasteiger partial charge in [-0.1, -0.05) is 0 Å². The van der Waals surface area contributed by atoms with Crippen LogP contribution in [0.4, 0.5) is 24.8 Å². The highest BCUT2D eigenvalue weighted by Crippen LogP contribution is 2.25. The van der Waals surface area contributed by atoms with Crippen LogP contribution in [-0.2, 0) is 20.0 Å². The van der Waals surface area contributed by atoms with E-state index in [0.717, 1.165) is 36.4 Å². The van der Waals surface area contributed by atoms with Crippen molar-refractivity contribution in [2.45, 2.75) is 16.2 Å². The van der Waals surface area contributed by atoms with Crippen LogP contribution in [0.1, 0.15) is 0 Å². The van der Waals surface area contributed by atoms with Crippen LogP contribution < -0.4 is 14.2 Å². The molecule has 3 aromatic rings. The molecule has 0 unspecified atom stereocenters. The number of aromatic nitrogens is 2. The molecule has 0 amide bonds. The molecule has 0 aliphatic rings. The van der Waals surface area contributed by atoms with Crippen LogP contribution in [-0.4, -0.2) is 33.2 Å². The van der Waals surface area contributed by atoms with Gasteiger partial charge in [-0.15, -0.1) is 13.2 Å². The first-order chi connectivity index (χ1) is 14.4. The van der Waals surface area contributed by atoms with E-state index in [2.05, 4.69) is 24.1 Å². The molecule has 2 aromatic carbocycles. The van der Waals surface area contributed by atoms with E-state index in [9.17, 15) is 30.0 Å². The van der Waals surface area contributed by atoms with Crippen LogP contribution >= 0.6 is 0 Å². The molecule has 0 radical (unpaired) electrons. The highest BCUT2D eigenvalue weighted by molar-refractivity contribution is 7.93. The number of rotatable bonds is 7. The summed E-state index contributed by atoms with van der Waals surface area (Å²) in [5.74, 6) is -0.707. The topological polar surface area (TPSA) is 127 Å². The Bertz CT molecular complexity index is 1250. The highest BCUT2D eigenvalue weighted by atomic mass is 32.2. The zero-order valence-corrected chi connectivity index (χ0v) is 16.9. The maximum Gasteiger partial charge on any atom is 0.573 e. The monoisotopic (exact) mass is 474 g/mol. The van der Waals surface area contributed by atoms with Gasteiger partial charge < -0.3 is 4.74 Å². The molecule has 31 heavy (non-hydrogen) atoms. The molecule has 0 atom stereocenters. The number of benzene rings is 2. The molecule has 0 saturated heterocycles. The SMILES string of the molecule is O=S(=O)(Nc1ccc(S(=O)(=O)Nc2ncccn2)cc1)c1ccc(OC(F)(F)F)cc1. The fourth-order valence-electron chi connectivity index (χ4n) is 2.27. The Hall–Kier alpha value is -3.39. The molecule has 0 aliphatic heterocycles. The van der Waals surface area contributed by atoms with E-state index >= 15 is 0 Å². The van der Waals surface area contributed by atoms with Crippen molar-refractivity contribution in [2.75, 3.05) is 9.44 Å². The third-order valence-electron chi connectivity index (χ3n) is 3.58. The van der Waals surface area contributed by atoms with Crippen molar-refractivity contribution in [3.05, 3.63) is 67.0 Å². The van der Waals surface area contributed by atoms with Gasteiger partial charge in [0.15, 0.2) is 0 Å². The van der Waals surface area contributed by atoms with E-state index in [1.54, 1.807) is 0 Å². The van der Waals surface area contributed by atoms with Crippen molar-refractivity contribution in [1.29, 1.82) is 0 Å². The van der Waals surface area contributed by atoms with Gasteiger partial charge in [-0.2, -0.15) is 0 Å². The molecule has 164 valence electrons. The van der Waals surface area contributed by atoms with Gasteiger partial charge in [0.2, 0.25) is 5.95 Å². The van der Waals surface area contributed by atoms with Crippen LogP contribution in [0.15, 0.2) is 76.8 Å². The standard InChI is InChI=1S/C17H13F3N4O5S2/c18-17(19,20)29-13-4-8-15(9-5-13)30(25,26)23-12-2-6-14(7-3-12)31(27,28)24-16-21-10-1-11-22-16/h1-11,23H,(H,21,22,24). The van der Waals surface area contributed by atoms with Crippen molar-refractivity contribution >= 4 is 31.7 Å². The number of nitrogens with one attached hydrogen (secondary N) is 2. The van der Waals surface area contributed by atoms with Gasteiger partial charge in [0.25, 0.3) is 20.0 Å². The van der Waals surface area contributed by atoms with E-state index in [4.69, 9.17) is 0 Å². The first kappa shape index (κ1) is 22.3. The third-order valence-corrected chi connectivity index (χ3v) is 6.32. The lowest BCUT2D eigenvalue weighted by molar-refractivity contribution is -0.274. The normalized spacial score (nSPS) is 12.2. The smallest absolute Gasteiger partial charge is 0.406 e. The zero-order valence-electron chi connectivity index (χ0n) is 15.2. The number of alkyl halides is 3. The molecule has 0 aliphatic carbocycles. The van der Waals surface area contributed by atoms with E-state index in [-0.39, 0.29) is 21.4 Å². The van der Waals surface area contributed by atoms with Crippen molar-refractivity contribution in [1.82, 2.24) is 9.97 Å². The molecule has 9 nitrogen and oxygen atoms in total. The molecule has 0 saturated carbocycles. The minimum absolute atomic E-state index is 0.0329. The molecule has 2 N–H and O–H groups in total. The summed E-state index contributed by atoms with van der Waals surface area (Å²) >= 11 is 0. The minimum atomic E-state index is -4.90. The number of ether oxygens (including phenoxy) is 1. The van der Waals surface area contributed by atoms with Gasteiger partial charge in [0, 0.05) is 18.1 Å². The molecular weight excluding hydrogens is 461 g/mol. The Morgan fingerprint density at radius 2 is 1.23 bits per heavy atom. The third kappa shape index (κ3) is 6.05. The minimum Gasteiger partial charge on any atom is -0.406 e. The summed E-state index contributed by atoms with van der Waals surface area (Å²) in [6.45, 7) is 0. The molecule has 0 fully saturated rings. The second kappa shape index (κ2) is 8.39. The Morgan fingerprint density at radius 1 is 0.742 bits per heavy atom. The molecule has 1 aromatic heterocycles. The Balaban J connectivity index is 1.72. The summed E-state index contributed by atoms with van der Waals surface area (Å²) < 4.78 is 94.1. The van der Waals surface area contributed by atoms with Gasteiger partial charge in [-0.3, -0.25) is 4.72 Å². The number of halogens is 3. The van der Waals surface area contributed by atoms with Gasteiger partial charge in [-0.25, -0.2) is 31.5 Å². The summed E-state index contributed by atoms with van der Waals surface area (Å²) in [5.41, 5.74) is 0.0329. The number of hydrogen-bond acceptors (Lipinski definition) is 7. The fourth-order valence-corrected chi connectivity index (χ4v) is 4.28. The van der Waals surface area contributed by atoms with Crippen molar-refractivity contribution in [3.8, 4) is 5.75 Å². The van der Waals surface area contributed by atoms with Gasteiger partial charge in [0.05, 0.1) is 9.79 Å². The summed E-state index contributed by atoms with van der Waals surface area (Å²) in [5, 5.41) is 0. The van der Waals surface area contributed by atoms with E-state index in [1.807, 2.05) is 0 Å². The highest BCUT2D eigenvalue weighted by Gasteiger charge is 2.31. The van der Waals surface area contributed by atoms with Gasteiger partial charge in [-0.05, 0) is 54.6 Å². The molecule has 0 spiro atoms. The van der Waals surface area contributed by atoms with E-state index in [1.165, 1.54) is 30.6 Å². The molecule has 3 rings (SSSR count). The summed E-state index contributed by atoms with van der Waals surface area (Å²) in [6.07, 6.45) is -2.20. The van der Waals surface area contributed by atoms with Crippen molar-refractivity contribution in [3.63, 3.8) is 0 Å². The first-order valence-corrected chi connectivity index (χ1v) is 11.2. The summed E-state index contributed by atoms with van der Waals surface area (Å²) in [4.78, 5) is 7.01. The second-order valence-electron chi connectivity index (χ2n) is 5.83. The van der Waals surface area contributed by atoms with Crippen molar-refractivity contribution in [2.24, 2.45) is 0 Å². The second-order valence-corrected chi connectivity index (χ2v) is 9.19. The molecule has 1 heterocycles. The van der Waals surface area contributed by atoms with Crippen molar-refractivity contribution < 1.29 is 34.7 Å². The van der Waals surface area contributed by atoms with Gasteiger partial charge >= 0.3 is 6.36 Å². The largest absolute Gasteiger partial charge is 0.573 e. The van der Waals surface area contributed by atoms with E-state index in [0.29, 0.717) is 0 Å². The maximum atomic E-state index is 12.4. The zero-order chi connectivity index (χ0) is 22.7. The lowest BCUT2D eigenvalue weighted by atomic mass is 10.3. The summed E-state index contributed by atoms with van der Waals surface area (Å²) in [6, 6.07) is 9.82. The average molecular weight is 474 g/mol. The maximum absolute atomic E-state index is 12.4. The number of anilines is 2. The van der Waals surface area contributed by atoms with Gasteiger partial charge in [0.1, 0.15) is 5.75 Å². The fraction of sp³-hybridized carbons (Fsp3) is 0.0588. The quantitative estimate of drug-likeness (QED) is 0.539. The van der Waals surface area contributed by atoms with Crippen LogP contribution in [0.25, 0.3) is 0 Å². The Labute approximate surface area is 175 Å². The van der Waals surface area contributed by atoms with Crippen LogP contribution in [0.5, 0.6) is 5.75 Å².